The zero-order valence-electron chi connectivity index (χ0n) is 14.8. The van der Waals surface area contributed by atoms with E-state index in [2.05, 4.69) is 5.32 Å². The minimum Gasteiger partial charge on any atom is -0.483 e. The average Bonchev–Trinajstić information content (AvgIpc) is 2.61. The molecule has 0 saturated carbocycles. The topological polar surface area (TPSA) is 58.6 Å². The first-order valence-electron chi connectivity index (χ1n) is 7.97. The molecule has 0 heterocycles. The van der Waals surface area contributed by atoms with Crippen molar-refractivity contribution in [2.75, 3.05) is 20.7 Å². The van der Waals surface area contributed by atoms with Gasteiger partial charge in [-0.25, -0.2) is 8.78 Å². The molecule has 2 amide bonds. The maximum atomic E-state index is 13.4. The highest BCUT2D eigenvalue weighted by Gasteiger charge is 2.17. The van der Waals surface area contributed by atoms with E-state index in [1.54, 1.807) is 45.3 Å². The molecule has 26 heavy (non-hydrogen) atoms. The molecule has 0 aromatic heterocycles. The van der Waals surface area contributed by atoms with Gasteiger partial charge >= 0.3 is 0 Å². The number of halogens is 2. The molecular formula is C19H20F2N2O3. The van der Waals surface area contributed by atoms with E-state index >= 15 is 0 Å². The summed E-state index contributed by atoms with van der Waals surface area (Å²) in [4.78, 5) is 25.6. The lowest BCUT2D eigenvalue weighted by molar-refractivity contribution is -0.130. The van der Waals surface area contributed by atoms with Crippen molar-refractivity contribution < 1.29 is 23.1 Å². The van der Waals surface area contributed by atoms with Crippen LogP contribution < -0.4 is 10.1 Å². The van der Waals surface area contributed by atoms with Crippen molar-refractivity contribution in [1.29, 1.82) is 0 Å². The summed E-state index contributed by atoms with van der Waals surface area (Å²) in [5.74, 6) is -2.35. The van der Waals surface area contributed by atoms with Crippen molar-refractivity contribution in [3.05, 3.63) is 65.2 Å². The number of nitrogens with zero attached hydrogens (tertiary/aromatic N) is 1. The van der Waals surface area contributed by atoms with Crippen molar-refractivity contribution in [1.82, 2.24) is 10.2 Å². The second kappa shape index (κ2) is 8.42. The minimum atomic E-state index is -0.977. The van der Waals surface area contributed by atoms with E-state index in [0.717, 1.165) is 12.1 Å². The van der Waals surface area contributed by atoms with Gasteiger partial charge in [0, 0.05) is 14.1 Å². The van der Waals surface area contributed by atoms with E-state index in [-0.39, 0.29) is 23.8 Å². The predicted molar refractivity (Wildman–Crippen MR) is 92.9 cm³/mol. The fourth-order valence-corrected chi connectivity index (χ4v) is 2.19. The smallest absolute Gasteiger partial charge is 0.259 e. The van der Waals surface area contributed by atoms with E-state index in [9.17, 15) is 18.4 Å². The highest BCUT2D eigenvalue weighted by atomic mass is 19.2. The SMILES string of the molecule is CC(NC(=O)c1ccccc1OCC(=O)N(C)C)c1ccc(F)c(F)c1. The van der Waals surface area contributed by atoms with Crippen LogP contribution in [0.1, 0.15) is 28.9 Å². The lowest BCUT2D eigenvalue weighted by Gasteiger charge is -2.17. The first kappa shape index (κ1) is 19.4. The molecule has 5 nitrogen and oxygen atoms in total. The second-order valence-corrected chi connectivity index (χ2v) is 5.94. The summed E-state index contributed by atoms with van der Waals surface area (Å²) >= 11 is 0. The van der Waals surface area contributed by atoms with Crippen LogP contribution in [0.4, 0.5) is 8.78 Å². The molecular weight excluding hydrogens is 342 g/mol. The number of likely N-dealkylation sites (N-methyl/N-ethyl adjacent to an activating group) is 1. The normalized spacial score (nSPS) is 11.6. The highest BCUT2D eigenvalue weighted by Crippen LogP contribution is 2.21. The molecule has 1 unspecified atom stereocenters. The molecule has 0 bridgehead atoms. The number of rotatable bonds is 6. The van der Waals surface area contributed by atoms with Crippen LogP contribution >= 0.6 is 0 Å². The molecule has 0 fully saturated rings. The fraction of sp³-hybridized carbons (Fsp3) is 0.263. The Balaban J connectivity index is 2.11. The standard InChI is InChI=1S/C19H20F2N2O3/c1-12(13-8-9-15(20)16(21)10-13)22-19(25)14-6-4-5-7-17(14)26-11-18(24)23(2)3/h4-10,12H,11H2,1-3H3,(H,22,25). The number of hydrogen-bond acceptors (Lipinski definition) is 3. The van der Waals surface area contributed by atoms with Crippen molar-refractivity contribution >= 4 is 11.8 Å². The first-order chi connectivity index (χ1) is 12.3. The molecule has 2 rings (SSSR count). The van der Waals surface area contributed by atoms with Crippen LogP contribution in [0.5, 0.6) is 5.75 Å². The Bertz CT molecular complexity index is 809. The number of hydrogen-bond donors (Lipinski definition) is 1. The maximum absolute atomic E-state index is 13.4. The molecule has 2 aromatic carbocycles. The monoisotopic (exact) mass is 362 g/mol. The summed E-state index contributed by atoms with van der Waals surface area (Å²) in [5, 5.41) is 2.71. The number of para-hydroxylation sites is 1. The van der Waals surface area contributed by atoms with Gasteiger partial charge in [-0.05, 0) is 36.8 Å². The average molecular weight is 362 g/mol. The van der Waals surface area contributed by atoms with Crippen LogP contribution in [0.3, 0.4) is 0 Å². The van der Waals surface area contributed by atoms with E-state index in [1.807, 2.05) is 0 Å². The molecule has 7 heteroatoms. The van der Waals surface area contributed by atoms with Gasteiger partial charge in [0.15, 0.2) is 18.2 Å². The van der Waals surface area contributed by atoms with E-state index < -0.39 is 23.6 Å². The number of ether oxygens (including phenoxy) is 1. The Hall–Kier alpha value is -2.96. The molecule has 0 aliphatic rings. The quantitative estimate of drug-likeness (QED) is 0.860. The number of amides is 2. The van der Waals surface area contributed by atoms with E-state index in [0.29, 0.717) is 5.56 Å². The van der Waals surface area contributed by atoms with Gasteiger partial charge in [0.2, 0.25) is 0 Å². The van der Waals surface area contributed by atoms with Gasteiger partial charge < -0.3 is 15.0 Å². The van der Waals surface area contributed by atoms with Crippen molar-refractivity contribution in [2.24, 2.45) is 0 Å². The largest absolute Gasteiger partial charge is 0.483 e. The zero-order chi connectivity index (χ0) is 19.3. The Labute approximate surface area is 150 Å². The number of carbonyl (C=O) groups is 2. The lowest BCUT2D eigenvalue weighted by atomic mass is 10.1. The summed E-state index contributed by atoms with van der Waals surface area (Å²) in [6.45, 7) is 1.46. The van der Waals surface area contributed by atoms with Crippen LogP contribution in [0.25, 0.3) is 0 Å². The van der Waals surface area contributed by atoms with E-state index in [1.165, 1.54) is 11.0 Å². The molecule has 0 radical (unpaired) electrons. The number of carbonyl (C=O) groups excluding carboxylic acids is 2. The summed E-state index contributed by atoms with van der Waals surface area (Å²) in [6, 6.07) is 9.40. The summed E-state index contributed by atoms with van der Waals surface area (Å²) in [7, 11) is 3.21. The van der Waals surface area contributed by atoms with Crippen LogP contribution in [0, 0.1) is 11.6 Å². The van der Waals surface area contributed by atoms with Gasteiger partial charge in [-0.2, -0.15) is 0 Å². The van der Waals surface area contributed by atoms with Gasteiger partial charge in [-0.1, -0.05) is 18.2 Å². The molecule has 2 aromatic rings. The molecule has 0 spiro atoms. The van der Waals surface area contributed by atoms with E-state index in [4.69, 9.17) is 4.74 Å². The van der Waals surface area contributed by atoms with Gasteiger partial charge in [-0.15, -0.1) is 0 Å². The maximum Gasteiger partial charge on any atom is 0.259 e. The predicted octanol–water partition coefficient (Wildman–Crippen LogP) is 2.92. The summed E-state index contributed by atoms with van der Waals surface area (Å²) in [5.41, 5.74) is 0.673. The summed E-state index contributed by atoms with van der Waals surface area (Å²) in [6.07, 6.45) is 0. The minimum absolute atomic E-state index is 0.198. The number of benzene rings is 2. The molecule has 0 aliphatic heterocycles. The first-order valence-corrected chi connectivity index (χ1v) is 7.97. The Morgan fingerprint density at radius 1 is 1.12 bits per heavy atom. The Morgan fingerprint density at radius 3 is 2.46 bits per heavy atom. The van der Waals surface area contributed by atoms with Crippen LogP contribution in [0.2, 0.25) is 0 Å². The van der Waals surface area contributed by atoms with Gasteiger partial charge in [-0.3, -0.25) is 9.59 Å². The fourth-order valence-electron chi connectivity index (χ4n) is 2.19. The van der Waals surface area contributed by atoms with Crippen LogP contribution in [-0.4, -0.2) is 37.4 Å². The third-order valence-corrected chi connectivity index (χ3v) is 3.77. The lowest BCUT2D eigenvalue weighted by Crippen LogP contribution is -2.29. The van der Waals surface area contributed by atoms with Crippen molar-refractivity contribution in [3.8, 4) is 5.75 Å². The van der Waals surface area contributed by atoms with Crippen molar-refractivity contribution in [3.63, 3.8) is 0 Å². The third-order valence-electron chi connectivity index (χ3n) is 3.77. The number of nitrogens with one attached hydrogen (secondary N) is 1. The Kier molecular flexibility index (Phi) is 6.27. The summed E-state index contributed by atoms with van der Waals surface area (Å²) < 4.78 is 31.8. The third kappa shape index (κ3) is 4.78. The zero-order valence-corrected chi connectivity index (χ0v) is 14.8. The molecule has 0 aliphatic carbocycles. The van der Waals surface area contributed by atoms with Crippen LogP contribution in [0.15, 0.2) is 42.5 Å². The highest BCUT2D eigenvalue weighted by molar-refractivity contribution is 5.97. The van der Waals surface area contributed by atoms with Gasteiger partial charge in [0.1, 0.15) is 5.75 Å². The molecule has 138 valence electrons. The molecule has 1 N–H and O–H groups in total. The Morgan fingerprint density at radius 2 is 1.81 bits per heavy atom. The van der Waals surface area contributed by atoms with Crippen molar-refractivity contribution in [2.45, 2.75) is 13.0 Å². The van der Waals surface area contributed by atoms with Crippen LogP contribution in [-0.2, 0) is 4.79 Å². The van der Waals surface area contributed by atoms with Gasteiger partial charge in [0.05, 0.1) is 11.6 Å². The molecule has 1 atom stereocenters. The second-order valence-electron chi connectivity index (χ2n) is 5.94. The van der Waals surface area contributed by atoms with Gasteiger partial charge in [0.25, 0.3) is 11.8 Å². The molecule has 0 saturated heterocycles.